The molecule has 142 valence electrons. The average Bonchev–Trinajstić information content (AvgIpc) is 2.76. The molecule has 1 aromatic heterocycles. The fourth-order valence-corrected chi connectivity index (χ4v) is 3.14. The van der Waals surface area contributed by atoms with Crippen LogP contribution in [0, 0.1) is 0 Å². The normalized spacial score (nSPS) is 14.6. The zero-order valence-electron chi connectivity index (χ0n) is 15.4. The number of hydrogen-bond acceptors (Lipinski definition) is 6. The first-order chi connectivity index (χ1) is 13.7. The Morgan fingerprint density at radius 3 is 2.39 bits per heavy atom. The van der Waals surface area contributed by atoms with E-state index >= 15 is 0 Å². The summed E-state index contributed by atoms with van der Waals surface area (Å²) in [5.41, 5.74) is 8.45. The number of rotatable bonds is 5. The van der Waals surface area contributed by atoms with Crippen molar-refractivity contribution in [3.63, 3.8) is 0 Å². The lowest BCUT2D eigenvalue weighted by Crippen LogP contribution is -2.47. The first-order valence-corrected chi connectivity index (χ1v) is 9.13. The Kier molecular flexibility index (Phi) is 5.27. The van der Waals surface area contributed by atoms with E-state index in [0.717, 1.165) is 30.0 Å². The highest BCUT2D eigenvalue weighted by Crippen LogP contribution is 2.27. The van der Waals surface area contributed by atoms with E-state index < -0.39 is 5.91 Å². The second-order valence-electron chi connectivity index (χ2n) is 6.40. The number of hydrazine groups is 1. The molecule has 3 aromatic rings. The summed E-state index contributed by atoms with van der Waals surface area (Å²) >= 11 is 0. The zero-order chi connectivity index (χ0) is 19.3. The topological polar surface area (TPSA) is 84.6 Å². The molecule has 0 bridgehead atoms. The van der Waals surface area contributed by atoms with Crippen LogP contribution in [0.1, 0.15) is 10.4 Å². The molecule has 1 amide bonds. The second-order valence-corrected chi connectivity index (χ2v) is 6.40. The number of carbonyl (C=O) groups is 1. The lowest BCUT2D eigenvalue weighted by atomic mass is 10.1. The Hall–Kier alpha value is -3.29. The number of morpholine rings is 1. The third-order valence-corrected chi connectivity index (χ3v) is 4.57. The van der Waals surface area contributed by atoms with Crippen molar-refractivity contribution in [1.82, 2.24) is 15.0 Å². The van der Waals surface area contributed by atoms with Gasteiger partial charge in [0, 0.05) is 30.4 Å². The molecule has 2 heterocycles. The van der Waals surface area contributed by atoms with Crippen molar-refractivity contribution in [2.24, 2.45) is 5.73 Å². The maximum atomic E-state index is 11.3. The average molecular weight is 375 g/mol. The number of nitrogens with zero attached hydrogens (tertiary/aromatic N) is 4. The van der Waals surface area contributed by atoms with E-state index in [-0.39, 0.29) is 0 Å². The van der Waals surface area contributed by atoms with Gasteiger partial charge in [0.2, 0.25) is 11.9 Å². The highest BCUT2D eigenvalue weighted by atomic mass is 16.5. The van der Waals surface area contributed by atoms with Gasteiger partial charge >= 0.3 is 0 Å². The summed E-state index contributed by atoms with van der Waals surface area (Å²) in [5.74, 6) is 0.141. The van der Waals surface area contributed by atoms with Gasteiger partial charge in [0.05, 0.1) is 24.6 Å². The fourth-order valence-electron chi connectivity index (χ4n) is 3.14. The number of aromatic nitrogens is 2. The van der Waals surface area contributed by atoms with Gasteiger partial charge in [-0.15, -0.1) is 0 Å². The zero-order valence-corrected chi connectivity index (χ0v) is 15.4. The van der Waals surface area contributed by atoms with E-state index in [1.54, 1.807) is 18.3 Å². The minimum absolute atomic E-state index is 0.447. The number of carbonyl (C=O) groups excluding carboxylic acids is 1. The van der Waals surface area contributed by atoms with Crippen molar-refractivity contribution in [3.8, 4) is 11.3 Å². The molecule has 0 atom stereocenters. The van der Waals surface area contributed by atoms with Crippen LogP contribution in [0.25, 0.3) is 11.3 Å². The van der Waals surface area contributed by atoms with Crippen LogP contribution >= 0.6 is 0 Å². The number of hydrogen-bond donors (Lipinski definition) is 1. The summed E-state index contributed by atoms with van der Waals surface area (Å²) in [6.45, 7) is 2.85. The van der Waals surface area contributed by atoms with Crippen LogP contribution in [0.5, 0.6) is 0 Å². The van der Waals surface area contributed by atoms with Gasteiger partial charge in [-0.25, -0.2) is 20.0 Å². The molecule has 0 spiro atoms. The van der Waals surface area contributed by atoms with Crippen molar-refractivity contribution >= 4 is 17.5 Å². The first-order valence-electron chi connectivity index (χ1n) is 9.13. The van der Waals surface area contributed by atoms with E-state index in [9.17, 15) is 4.79 Å². The minimum Gasteiger partial charge on any atom is -0.379 e. The summed E-state index contributed by atoms with van der Waals surface area (Å²) in [6, 6.07) is 19.0. The van der Waals surface area contributed by atoms with Gasteiger partial charge in [-0.2, -0.15) is 0 Å². The Bertz CT molecular complexity index is 941. The van der Waals surface area contributed by atoms with Gasteiger partial charge in [0.15, 0.2) is 0 Å². The van der Waals surface area contributed by atoms with Crippen LogP contribution < -0.4 is 10.7 Å². The Morgan fingerprint density at radius 1 is 1.00 bits per heavy atom. The van der Waals surface area contributed by atoms with Crippen molar-refractivity contribution < 1.29 is 9.53 Å². The Balaban J connectivity index is 1.71. The quantitative estimate of drug-likeness (QED) is 0.738. The maximum Gasteiger partial charge on any atom is 0.248 e. The molecule has 1 aliphatic heterocycles. The van der Waals surface area contributed by atoms with Gasteiger partial charge < -0.3 is 10.5 Å². The van der Waals surface area contributed by atoms with Gasteiger partial charge in [-0.05, 0) is 30.3 Å². The summed E-state index contributed by atoms with van der Waals surface area (Å²) in [7, 11) is 0. The minimum atomic E-state index is -0.447. The van der Waals surface area contributed by atoms with E-state index in [1.807, 2.05) is 53.5 Å². The predicted molar refractivity (Wildman–Crippen MR) is 107 cm³/mol. The Labute approximate surface area is 163 Å². The lowest BCUT2D eigenvalue weighted by molar-refractivity contribution is 0.0371. The van der Waals surface area contributed by atoms with Crippen LogP contribution in [0.2, 0.25) is 0 Å². The summed E-state index contributed by atoms with van der Waals surface area (Å²) in [4.78, 5) is 20.6. The molecule has 0 aliphatic carbocycles. The molecule has 1 fully saturated rings. The monoisotopic (exact) mass is 375 g/mol. The van der Waals surface area contributed by atoms with E-state index in [2.05, 4.69) is 9.99 Å². The largest absolute Gasteiger partial charge is 0.379 e. The van der Waals surface area contributed by atoms with Crippen molar-refractivity contribution in [3.05, 3.63) is 72.4 Å². The standard InChI is InChI=1S/C21H21N5O2/c22-20(27)17-8-6-16(7-9-17)19-10-11-23-21(24-19)26(18-4-2-1-3-5-18)25-12-14-28-15-13-25/h1-11H,12-15H2,(H2,22,27). The van der Waals surface area contributed by atoms with Crippen molar-refractivity contribution in [2.75, 3.05) is 31.3 Å². The molecule has 1 saturated heterocycles. The van der Waals surface area contributed by atoms with Crippen molar-refractivity contribution in [1.29, 1.82) is 0 Å². The SMILES string of the molecule is NC(=O)c1ccc(-c2ccnc(N(c3ccccc3)N3CCOCC3)n2)cc1. The van der Waals surface area contributed by atoms with E-state index in [4.69, 9.17) is 15.5 Å². The van der Waals surface area contributed by atoms with Gasteiger partial charge in [-0.3, -0.25) is 4.79 Å². The predicted octanol–water partition coefficient (Wildman–Crippen LogP) is 2.63. The molecule has 28 heavy (non-hydrogen) atoms. The molecule has 0 saturated carbocycles. The number of primary amides is 1. The van der Waals surface area contributed by atoms with Gasteiger partial charge in [-0.1, -0.05) is 30.3 Å². The molecule has 7 nitrogen and oxygen atoms in total. The highest BCUT2D eigenvalue weighted by Gasteiger charge is 2.23. The number of para-hydroxylation sites is 1. The van der Waals surface area contributed by atoms with E-state index in [0.29, 0.717) is 24.7 Å². The Morgan fingerprint density at radius 2 is 1.71 bits per heavy atom. The molecule has 4 rings (SSSR count). The fraction of sp³-hybridized carbons (Fsp3) is 0.190. The van der Waals surface area contributed by atoms with Crippen LogP contribution in [-0.4, -0.2) is 47.2 Å². The molecular formula is C21H21N5O2. The van der Waals surface area contributed by atoms with Gasteiger partial charge in [0.25, 0.3) is 0 Å². The lowest BCUT2D eigenvalue weighted by Gasteiger charge is -2.37. The third-order valence-electron chi connectivity index (χ3n) is 4.57. The molecule has 0 radical (unpaired) electrons. The van der Waals surface area contributed by atoms with Crippen molar-refractivity contribution in [2.45, 2.75) is 0 Å². The van der Waals surface area contributed by atoms with Gasteiger partial charge in [0.1, 0.15) is 0 Å². The van der Waals surface area contributed by atoms with E-state index in [1.165, 1.54) is 0 Å². The van der Waals surface area contributed by atoms with Crippen LogP contribution in [0.3, 0.4) is 0 Å². The van der Waals surface area contributed by atoms with Crippen LogP contribution in [0.4, 0.5) is 11.6 Å². The smallest absolute Gasteiger partial charge is 0.248 e. The first kappa shape index (κ1) is 18.1. The van der Waals surface area contributed by atoms with Crippen LogP contribution in [-0.2, 0) is 4.74 Å². The molecule has 2 aromatic carbocycles. The summed E-state index contributed by atoms with van der Waals surface area (Å²) in [5, 5.41) is 4.22. The van der Waals surface area contributed by atoms with Crippen LogP contribution in [0.15, 0.2) is 66.9 Å². The molecule has 7 heteroatoms. The number of benzene rings is 2. The molecular weight excluding hydrogens is 354 g/mol. The molecule has 1 aliphatic rings. The number of ether oxygens (including phenoxy) is 1. The summed E-state index contributed by atoms with van der Waals surface area (Å²) < 4.78 is 5.50. The number of nitrogens with two attached hydrogens (primary N) is 1. The summed E-state index contributed by atoms with van der Waals surface area (Å²) in [6.07, 6.45) is 1.75. The number of anilines is 2. The second kappa shape index (κ2) is 8.16. The molecule has 2 N–H and O–H groups in total. The maximum absolute atomic E-state index is 11.3. The highest BCUT2D eigenvalue weighted by molar-refractivity contribution is 5.93. The third kappa shape index (κ3) is 3.85. The number of amides is 1. The molecule has 0 unspecified atom stereocenters.